The minimum Gasteiger partial charge on any atom is -0.341 e. The van der Waals surface area contributed by atoms with Crippen LogP contribution in [0.1, 0.15) is 50.8 Å². The summed E-state index contributed by atoms with van der Waals surface area (Å²) in [5.41, 5.74) is 3.38. The van der Waals surface area contributed by atoms with Crippen LogP contribution in [0.15, 0.2) is 22.5 Å². The zero-order valence-electron chi connectivity index (χ0n) is 17.2. The lowest BCUT2D eigenvalue weighted by molar-refractivity contribution is -0.131. The third-order valence-corrected chi connectivity index (χ3v) is 6.37. The third kappa shape index (κ3) is 4.37. The maximum atomic E-state index is 12.5. The van der Waals surface area contributed by atoms with Crippen LogP contribution in [0.5, 0.6) is 0 Å². The van der Waals surface area contributed by atoms with Gasteiger partial charge in [-0.3, -0.25) is 14.5 Å². The fourth-order valence-electron chi connectivity index (χ4n) is 5.15. The van der Waals surface area contributed by atoms with Gasteiger partial charge in [0.25, 0.3) is 5.56 Å². The van der Waals surface area contributed by atoms with Gasteiger partial charge < -0.3 is 4.90 Å². The number of carbonyl (C=O) groups excluding carboxylic acids is 1. The maximum absolute atomic E-state index is 12.5. The Morgan fingerprint density at radius 3 is 2.79 bits per heavy atom. The van der Waals surface area contributed by atoms with Crippen molar-refractivity contribution in [3.8, 4) is 0 Å². The maximum Gasteiger partial charge on any atom is 0.267 e. The molecule has 6 heteroatoms. The first kappa shape index (κ1) is 19.4. The highest BCUT2D eigenvalue weighted by Gasteiger charge is 2.25. The van der Waals surface area contributed by atoms with Crippen molar-refractivity contribution in [2.45, 2.75) is 59.0 Å². The van der Waals surface area contributed by atoms with Crippen molar-refractivity contribution in [1.29, 1.82) is 0 Å². The van der Waals surface area contributed by atoms with Crippen LogP contribution in [-0.4, -0.2) is 51.7 Å². The molecule has 6 nitrogen and oxygen atoms in total. The molecule has 1 aromatic rings. The van der Waals surface area contributed by atoms with Crippen LogP contribution in [-0.2, 0) is 24.3 Å². The van der Waals surface area contributed by atoms with Crippen LogP contribution in [0.2, 0.25) is 0 Å². The molecule has 0 spiro atoms. The normalized spacial score (nSPS) is 25.5. The molecule has 3 heterocycles. The molecule has 0 aromatic carbocycles. The van der Waals surface area contributed by atoms with Crippen molar-refractivity contribution in [2.24, 2.45) is 11.8 Å². The van der Waals surface area contributed by atoms with E-state index in [0.717, 1.165) is 63.2 Å². The summed E-state index contributed by atoms with van der Waals surface area (Å²) in [6, 6.07) is 1.71. The number of allylic oxidation sites excluding steroid dienone is 2. The average molecular weight is 385 g/mol. The summed E-state index contributed by atoms with van der Waals surface area (Å²) >= 11 is 0. The van der Waals surface area contributed by atoms with Crippen molar-refractivity contribution in [1.82, 2.24) is 19.6 Å². The molecule has 1 aromatic heterocycles. The summed E-state index contributed by atoms with van der Waals surface area (Å²) in [6.45, 7) is 9.09. The topological polar surface area (TPSA) is 58.4 Å². The van der Waals surface area contributed by atoms with Gasteiger partial charge in [0, 0.05) is 45.2 Å². The molecule has 0 N–H and O–H groups in total. The summed E-state index contributed by atoms with van der Waals surface area (Å²) in [7, 11) is 0. The van der Waals surface area contributed by atoms with Gasteiger partial charge >= 0.3 is 0 Å². The Hall–Kier alpha value is -1.95. The molecule has 0 radical (unpaired) electrons. The summed E-state index contributed by atoms with van der Waals surface area (Å²) in [5, 5.41) is 4.55. The monoisotopic (exact) mass is 384 g/mol. The van der Waals surface area contributed by atoms with E-state index in [1.165, 1.54) is 23.1 Å². The molecule has 2 unspecified atom stereocenters. The Kier molecular flexibility index (Phi) is 5.67. The molecule has 0 bridgehead atoms. The van der Waals surface area contributed by atoms with Crippen molar-refractivity contribution in [3.05, 3.63) is 39.3 Å². The predicted octanol–water partition coefficient (Wildman–Crippen LogP) is 2.22. The van der Waals surface area contributed by atoms with Crippen molar-refractivity contribution < 1.29 is 4.79 Å². The lowest BCUT2D eigenvalue weighted by Crippen LogP contribution is -2.40. The Morgan fingerprint density at radius 2 is 2.04 bits per heavy atom. The van der Waals surface area contributed by atoms with Gasteiger partial charge in [0.15, 0.2) is 0 Å². The number of aromatic nitrogens is 2. The van der Waals surface area contributed by atoms with E-state index in [1.54, 1.807) is 6.07 Å². The number of hydrogen-bond donors (Lipinski definition) is 0. The molecule has 1 aliphatic carbocycles. The Morgan fingerprint density at radius 1 is 1.25 bits per heavy atom. The molecule has 3 aliphatic rings. The molecule has 2 aliphatic heterocycles. The minimum absolute atomic E-state index is 0.0133. The fourth-order valence-corrected chi connectivity index (χ4v) is 5.15. The standard InChI is InChI=1S/C22H32N4O2/c1-16-9-17(2)11-18(10-16)13-24-8-5-20-19(14-24)12-21(27)26(23-20)15-22(28)25-6-3-4-7-25/h9,12,16,18H,3-8,10-11,13-15H2,1-2H3. The highest BCUT2D eigenvalue weighted by molar-refractivity contribution is 5.76. The molecule has 1 fully saturated rings. The van der Waals surface area contributed by atoms with Crippen molar-refractivity contribution in [2.75, 3.05) is 26.2 Å². The Balaban J connectivity index is 1.40. The summed E-state index contributed by atoms with van der Waals surface area (Å²) in [4.78, 5) is 29.2. The lowest BCUT2D eigenvalue weighted by atomic mass is 9.83. The van der Waals surface area contributed by atoms with E-state index in [4.69, 9.17) is 0 Å². The zero-order valence-corrected chi connectivity index (χ0v) is 17.2. The van der Waals surface area contributed by atoms with E-state index in [-0.39, 0.29) is 18.0 Å². The molecule has 1 amide bonds. The zero-order chi connectivity index (χ0) is 19.7. The molecular formula is C22H32N4O2. The van der Waals surface area contributed by atoms with E-state index in [0.29, 0.717) is 11.8 Å². The first-order chi connectivity index (χ1) is 13.5. The molecule has 28 heavy (non-hydrogen) atoms. The van der Waals surface area contributed by atoms with Crippen LogP contribution in [0.4, 0.5) is 0 Å². The van der Waals surface area contributed by atoms with Gasteiger partial charge in [-0.25, -0.2) is 4.68 Å². The van der Waals surface area contributed by atoms with E-state index >= 15 is 0 Å². The van der Waals surface area contributed by atoms with Gasteiger partial charge in [0.1, 0.15) is 6.54 Å². The van der Waals surface area contributed by atoms with Crippen LogP contribution < -0.4 is 5.56 Å². The molecular weight excluding hydrogens is 352 g/mol. The van der Waals surface area contributed by atoms with E-state index in [9.17, 15) is 9.59 Å². The van der Waals surface area contributed by atoms with E-state index < -0.39 is 0 Å². The van der Waals surface area contributed by atoms with Crippen molar-refractivity contribution >= 4 is 5.91 Å². The highest BCUT2D eigenvalue weighted by atomic mass is 16.2. The van der Waals surface area contributed by atoms with Crippen LogP contribution in [0.3, 0.4) is 0 Å². The van der Waals surface area contributed by atoms with Gasteiger partial charge in [-0.2, -0.15) is 5.10 Å². The number of nitrogens with zero attached hydrogens (tertiary/aromatic N) is 4. The quantitative estimate of drug-likeness (QED) is 0.747. The molecule has 0 saturated carbocycles. The average Bonchev–Trinajstić information content (AvgIpc) is 3.16. The smallest absolute Gasteiger partial charge is 0.267 e. The first-order valence-corrected chi connectivity index (χ1v) is 10.8. The van der Waals surface area contributed by atoms with Gasteiger partial charge in [-0.1, -0.05) is 18.6 Å². The second-order valence-corrected chi connectivity index (χ2v) is 8.98. The third-order valence-electron chi connectivity index (χ3n) is 6.37. The second-order valence-electron chi connectivity index (χ2n) is 8.98. The predicted molar refractivity (Wildman–Crippen MR) is 109 cm³/mol. The lowest BCUT2D eigenvalue weighted by Gasteiger charge is -2.34. The number of amides is 1. The van der Waals surface area contributed by atoms with Crippen LogP contribution in [0, 0.1) is 11.8 Å². The molecule has 4 rings (SSSR count). The fraction of sp³-hybridized carbons (Fsp3) is 0.682. The SMILES string of the molecule is CC1=CC(C)CC(CN2CCc3nn(CC(=O)N4CCCC4)c(=O)cc3C2)C1. The first-order valence-electron chi connectivity index (χ1n) is 10.8. The van der Waals surface area contributed by atoms with Crippen molar-refractivity contribution in [3.63, 3.8) is 0 Å². The van der Waals surface area contributed by atoms with Gasteiger partial charge in [0.2, 0.25) is 5.91 Å². The van der Waals surface area contributed by atoms with Crippen LogP contribution >= 0.6 is 0 Å². The number of carbonyl (C=O) groups is 1. The van der Waals surface area contributed by atoms with E-state index in [2.05, 4.69) is 29.9 Å². The highest BCUT2D eigenvalue weighted by Crippen LogP contribution is 2.29. The van der Waals surface area contributed by atoms with Gasteiger partial charge in [0.05, 0.1) is 5.69 Å². The number of likely N-dealkylation sites (tertiary alicyclic amines) is 1. The molecule has 2 atom stereocenters. The molecule has 152 valence electrons. The van der Waals surface area contributed by atoms with Gasteiger partial charge in [-0.15, -0.1) is 0 Å². The summed E-state index contributed by atoms with van der Waals surface area (Å²) in [6.07, 6.45) is 7.81. The summed E-state index contributed by atoms with van der Waals surface area (Å²) in [5.74, 6) is 1.38. The summed E-state index contributed by atoms with van der Waals surface area (Å²) < 4.78 is 1.37. The Bertz CT molecular complexity index is 822. The minimum atomic E-state index is -0.154. The number of fused-ring (bicyclic) bond motifs is 1. The Labute approximate surface area is 167 Å². The largest absolute Gasteiger partial charge is 0.341 e. The van der Waals surface area contributed by atoms with E-state index in [1.807, 2.05) is 4.90 Å². The molecule has 1 saturated heterocycles. The number of hydrogen-bond acceptors (Lipinski definition) is 4. The van der Waals surface area contributed by atoms with Crippen LogP contribution in [0.25, 0.3) is 0 Å². The van der Waals surface area contributed by atoms with Gasteiger partial charge in [-0.05, 0) is 50.0 Å². The number of rotatable bonds is 4. The second kappa shape index (κ2) is 8.19.